The summed E-state index contributed by atoms with van der Waals surface area (Å²) < 4.78 is 12.5. The zero-order valence-corrected chi connectivity index (χ0v) is 16.2. The molecule has 1 aliphatic carbocycles. The van der Waals surface area contributed by atoms with Crippen molar-refractivity contribution in [1.29, 1.82) is 0 Å². The first-order valence-electron chi connectivity index (χ1n) is 9.84. The van der Waals surface area contributed by atoms with Gasteiger partial charge in [-0.15, -0.1) is 0 Å². The largest absolute Gasteiger partial charge is 0.494 e. The zero-order chi connectivity index (χ0) is 20.9. The fourth-order valence-electron chi connectivity index (χ4n) is 3.46. The first-order chi connectivity index (χ1) is 15.1. The minimum atomic E-state index is -0.130. The summed E-state index contributed by atoms with van der Waals surface area (Å²) in [4.78, 5) is 11.9. The number of H-pyrrole nitrogens is 1. The summed E-state index contributed by atoms with van der Waals surface area (Å²) in [5, 5.41) is 28.0. The number of fused-ring (bicyclic) bond motifs is 2. The number of aromatic nitrogens is 4. The first kappa shape index (κ1) is 17.6. The van der Waals surface area contributed by atoms with Crippen LogP contribution in [0.5, 0.6) is 23.3 Å². The van der Waals surface area contributed by atoms with E-state index >= 15 is 0 Å². The molecule has 0 bridgehead atoms. The molecule has 2 aliphatic rings. The summed E-state index contributed by atoms with van der Waals surface area (Å²) in [5.41, 5.74) is 2.50. The second kappa shape index (κ2) is 6.66. The molecule has 3 aromatic heterocycles. The smallest absolute Gasteiger partial charge is 0.231 e. The molecule has 0 spiro atoms. The lowest BCUT2D eigenvalue weighted by atomic mass is 10.2. The van der Waals surface area contributed by atoms with Crippen LogP contribution in [-0.4, -0.2) is 42.6 Å². The maximum Gasteiger partial charge on any atom is 0.231 e. The molecule has 1 aromatic carbocycles. The van der Waals surface area contributed by atoms with E-state index in [1.807, 2.05) is 24.3 Å². The van der Waals surface area contributed by atoms with Gasteiger partial charge in [0.15, 0.2) is 34.4 Å². The second-order valence-corrected chi connectivity index (χ2v) is 7.49. The minimum Gasteiger partial charge on any atom is -0.494 e. The lowest BCUT2D eigenvalue weighted by molar-refractivity contribution is 0.174. The number of rotatable bonds is 4. The van der Waals surface area contributed by atoms with E-state index in [0.29, 0.717) is 45.3 Å². The van der Waals surface area contributed by atoms with Crippen molar-refractivity contribution in [1.82, 2.24) is 19.6 Å². The molecule has 10 heteroatoms. The fourth-order valence-corrected chi connectivity index (χ4v) is 3.46. The first-order valence-corrected chi connectivity index (χ1v) is 9.84. The SMILES string of the molecule is Oc1cc(C=c2cnn3c(=NC4CC4)cc(Nc4ccc5c(c4)OCO5)nc23)c(O)[nH]1. The third-order valence-corrected chi connectivity index (χ3v) is 5.11. The number of hydrogen-bond donors (Lipinski definition) is 4. The molecule has 1 aliphatic heterocycles. The standard InChI is InChI=1S/C21H18N6O4/c28-19-6-11(21(29)26-19)5-12-9-22-27-18(24-13-1-2-13)8-17(25-20(12)27)23-14-3-4-15-16(7-14)31-10-30-15/h3-9,13,23,26,28-29H,1-2,10H2. The number of aromatic hydroxyl groups is 2. The van der Waals surface area contributed by atoms with Gasteiger partial charge in [0.1, 0.15) is 5.82 Å². The number of anilines is 2. The molecule has 1 fully saturated rings. The topological polar surface area (TPSA) is 129 Å². The Morgan fingerprint density at radius 2 is 2.03 bits per heavy atom. The molecule has 0 saturated heterocycles. The van der Waals surface area contributed by atoms with Crippen molar-refractivity contribution >= 4 is 23.2 Å². The molecule has 0 radical (unpaired) electrons. The third kappa shape index (κ3) is 3.27. The van der Waals surface area contributed by atoms with Crippen LogP contribution in [-0.2, 0) is 0 Å². The van der Waals surface area contributed by atoms with Crippen molar-refractivity contribution in [2.24, 2.45) is 4.99 Å². The van der Waals surface area contributed by atoms with Gasteiger partial charge < -0.3 is 25.0 Å². The van der Waals surface area contributed by atoms with Crippen LogP contribution >= 0.6 is 0 Å². The van der Waals surface area contributed by atoms with Crippen molar-refractivity contribution in [2.45, 2.75) is 18.9 Å². The zero-order valence-electron chi connectivity index (χ0n) is 16.2. The van der Waals surface area contributed by atoms with Crippen LogP contribution in [0.3, 0.4) is 0 Å². The number of nitrogens with zero attached hydrogens (tertiary/aromatic N) is 4. The van der Waals surface area contributed by atoms with E-state index in [-0.39, 0.29) is 18.6 Å². The van der Waals surface area contributed by atoms with Crippen LogP contribution in [0.2, 0.25) is 0 Å². The Bertz CT molecular complexity index is 1440. The predicted octanol–water partition coefficient (Wildman–Crippen LogP) is 1.55. The summed E-state index contributed by atoms with van der Waals surface area (Å²) in [6.07, 6.45) is 5.48. The summed E-state index contributed by atoms with van der Waals surface area (Å²) in [6, 6.07) is 9.18. The average Bonchev–Trinajstić information content (AvgIpc) is 3.14. The number of aromatic amines is 1. The Morgan fingerprint density at radius 1 is 1.16 bits per heavy atom. The Labute approximate surface area is 175 Å². The number of hydrogen-bond acceptors (Lipinski definition) is 8. The van der Waals surface area contributed by atoms with Crippen molar-refractivity contribution in [3.63, 3.8) is 0 Å². The van der Waals surface area contributed by atoms with E-state index < -0.39 is 0 Å². The van der Waals surface area contributed by atoms with Gasteiger partial charge >= 0.3 is 0 Å². The van der Waals surface area contributed by atoms with Crippen molar-refractivity contribution in [3.05, 3.63) is 52.8 Å². The summed E-state index contributed by atoms with van der Waals surface area (Å²) in [5.74, 6) is 1.73. The van der Waals surface area contributed by atoms with Crippen LogP contribution in [0.4, 0.5) is 11.5 Å². The molecule has 31 heavy (non-hydrogen) atoms. The van der Waals surface area contributed by atoms with Gasteiger partial charge in [0.25, 0.3) is 0 Å². The molecule has 6 rings (SSSR count). The van der Waals surface area contributed by atoms with Gasteiger partial charge in [-0.2, -0.15) is 9.61 Å². The molecule has 4 N–H and O–H groups in total. The van der Waals surface area contributed by atoms with Crippen molar-refractivity contribution in [2.75, 3.05) is 12.1 Å². The van der Waals surface area contributed by atoms with Gasteiger partial charge in [-0.25, -0.2) is 4.98 Å². The maximum absolute atomic E-state index is 9.96. The summed E-state index contributed by atoms with van der Waals surface area (Å²) >= 11 is 0. The molecule has 4 aromatic rings. The Morgan fingerprint density at radius 3 is 2.84 bits per heavy atom. The van der Waals surface area contributed by atoms with E-state index in [9.17, 15) is 10.2 Å². The molecule has 0 amide bonds. The maximum atomic E-state index is 9.96. The average molecular weight is 418 g/mol. The van der Waals surface area contributed by atoms with E-state index in [2.05, 4.69) is 15.4 Å². The van der Waals surface area contributed by atoms with Crippen LogP contribution < -0.4 is 25.5 Å². The van der Waals surface area contributed by atoms with Crippen molar-refractivity contribution < 1.29 is 19.7 Å². The predicted molar refractivity (Wildman–Crippen MR) is 110 cm³/mol. The highest BCUT2D eigenvalue weighted by atomic mass is 16.7. The lowest BCUT2D eigenvalue weighted by Gasteiger charge is -2.07. The van der Waals surface area contributed by atoms with E-state index in [4.69, 9.17) is 19.5 Å². The van der Waals surface area contributed by atoms with Gasteiger partial charge in [-0.3, -0.25) is 9.98 Å². The monoisotopic (exact) mass is 418 g/mol. The van der Waals surface area contributed by atoms with Crippen LogP contribution in [0, 0.1) is 0 Å². The highest BCUT2D eigenvalue weighted by molar-refractivity contribution is 5.65. The molecule has 0 atom stereocenters. The van der Waals surface area contributed by atoms with Gasteiger partial charge in [-0.1, -0.05) is 0 Å². The summed E-state index contributed by atoms with van der Waals surface area (Å²) in [6.45, 7) is 0.212. The Balaban J connectivity index is 1.48. The highest BCUT2D eigenvalue weighted by Crippen LogP contribution is 2.34. The van der Waals surface area contributed by atoms with Crippen LogP contribution in [0.1, 0.15) is 18.4 Å². The molecule has 10 nitrogen and oxygen atoms in total. The molecule has 156 valence electrons. The van der Waals surface area contributed by atoms with Crippen LogP contribution in [0.25, 0.3) is 11.7 Å². The Kier molecular flexibility index (Phi) is 3.79. The molecular weight excluding hydrogens is 400 g/mol. The summed E-state index contributed by atoms with van der Waals surface area (Å²) in [7, 11) is 0. The quantitative estimate of drug-likeness (QED) is 0.396. The molecule has 0 unspecified atom stereocenters. The number of nitrogens with one attached hydrogen (secondary N) is 2. The molecular formula is C21H18N6O4. The second-order valence-electron chi connectivity index (χ2n) is 7.49. The highest BCUT2D eigenvalue weighted by Gasteiger charge is 2.20. The number of ether oxygens (including phenoxy) is 2. The minimum absolute atomic E-state index is 0.122. The lowest BCUT2D eigenvalue weighted by Crippen LogP contribution is -2.19. The third-order valence-electron chi connectivity index (χ3n) is 5.11. The van der Waals surface area contributed by atoms with Gasteiger partial charge in [0.05, 0.1) is 12.2 Å². The normalized spacial score (nSPS) is 16.4. The van der Waals surface area contributed by atoms with E-state index in [1.165, 1.54) is 6.07 Å². The Hall–Kier alpha value is -4.21. The van der Waals surface area contributed by atoms with Gasteiger partial charge in [0, 0.05) is 34.7 Å². The van der Waals surface area contributed by atoms with Gasteiger partial charge in [0.2, 0.25) is 6.79 Å². The molecule has 4 heterocycles. The van der Waals surface area contributed by atoms with E-state index in [1.54, 1.807) is 16.8 Å². The van der Waals surface area contributed by atoms with Crippen molar-refractivity contribution in [3.8, 4) is 23.3 Å². The van der Waals surface area contributed by atoms with Gasteiger partial charge in [-0.05, 0) is 31.1 Å². The molecule has 1 saturated carbocycles. The fraction of sp³-hybridized carbons (Fsp3) is 0.190. The number of benzene rings is 1. The van der Waals surface area contributed by atoms with Crippen LogP contribution in [0.15, 0.2) is 41.5 Å². The van der Waals surface area contributed by atoms with E-state index in [0.717, 1.165) is 18.5 Å².